The van der Waals surface area contributed by atoms with Crippen LogP contribution in [0.15, 0.2) is 18.2 Å². The summed E-state index contributed by atoms with van der Waals surface area (Å²) in [6, 6.07) is 5.73. The Hall–Kier alpha value is -1.09. The molecule has 0 saturated heterocycles. The van der Waals surface area contributed by atoms with Gasteiger partial charge in [-0.2, -0.15) is 0 Å². The maximum absolute atomic E-state index is 12.0. The van der Waals surface area contributed by atoms with Gasteiger partial charge in [-0.25, -0.2) is 0 Å². The van der Waals surface area contributed by atoms with E-state index < -0.39 is 0 Å². The van der Waals surface area contributed by atoms with Crippen LogP contribution in [0.25, 0.3) is 0 Å². The van der Waals surface area contributed by atoms with Crippen LogP contribution >= 0.6 is 0 Å². The average molecular weight is 224 g/mol. The summed E-state index contributed by atoms with van der Waals surface area (Å²) in [5.74, 6) is 0.810. The molecule has 0 radical (unpaired) electrons. The number of hydrogen-bond donors (Lipinski definition) is 1. The summed E-state index contributed by atoms with van der Waals surface area (Å²) in [5, 5.41) is 9.84. The van der Waals surface area contributed by atoms with Crippen molar-refractivity contribution >= 4 is 0 Å². The molecule has 0 spiro atoms. The second-order valence-electron chi connectivity index (χ2n) is 4.12. The minimum Gasteiger partial charge on any atom is -0.493 e. The van der Waals surface area contributed by atoms with Crippen molar-refractivity contribution in [2.24, 2.45) is 0 Å². The Morgan fingerprint density at radius 1 is 1.44 bits per heavy atom. The molecule has 1 atom stereocenters. The number of alkyl halides is 1. The van der Waals surface area contributed by atoms with E-state index in [0.29, 0.717) is 13.0 Å². The van der Waals surface area contributed by atoms with Crippen LogP contribution in [0.5, 0.6) is 5.75 Å². The third-order valence-electron chi connectivity index (χ3n) is 2.97. The van der Waals surface area contributed by atoms with Gasteiger partial charge in [-0.3, -0.25) is 4.39 Å². The minimum atomic E-state index is -0.367. The molecule has 1 unspecified atom stereocenters. The van der Waals surface area contributed by atoms with Crippen LogP contribution < -0.4 is 4.74 Å². The maximum atomic E-state index is 12.0. The number of rotatable bonds is 4. The predicted molar refractivity (Wildman–Crippen MR) is 60.4 cm³/mol. The first-order valence-electron chi connectivity index (χ1n) is 5.81. The largest absolute Gasteiger partial charge is 0.493 e. The molecule has 1 aliphatic carbocycles. The molecule has 1 aromatic carbocycles. The smallest absolute Gasteiger partial charge is 0.122 e. The lowest BCUT2D eigenvalue weighted by molar-refractivity contribution is 0.155. The molecule has 0 aromatic heterocycles. The molecular formula is C13H17FO2. The van der Waals surface area contributed by atoms with E-state index >= 15 is 0 Å². The second kappa shape index (κ2) is 5.30. The first-order chi connectivity index (χ1) is 7.83. The van der Waals surface area contributed by atoms with Crippen LogP contribution in [-0.4, -0.2) is 18.4 Å². The Balaban J connectivity index is 2.15. The zero-order valence-electron chi connectivity index (χ0n) is 9.29. The number of benzene rings is 1. The van der Waals surface area contributed by atoms with E-state index in [1.54, 1.807) is 0 Å². The van der Waals surface area contributed by atoms with E-state index in [2.05, 4.69) is 0 Å². The van der Waals surface area contributed by atoms with Crippen molar-refractivity contribution in [3.8, 4) is 5.75 Å². The fraction of sp³-hybridized carbons (Fsp3) is 0.538. The standard InChI is InChI=1S/C13H17FO2/c14-8-3-9-16-13-7-2-4-10-11(13)5-1-6-12(10)15/h2,4,7,12,15H,1,3,5-6,8-9H2. The highest BCUT2D eigenvalue weighted by atomic mass is 19.1. The van der Waals surface area contributed by atoms with Crippen molar-refractivity contribution in [2.45, 2.75) is 31.8 Å². The van der Waals surface area contributed by atoms with Gasteiger partial charge < -0.3 is 9.84 Å². The number of hydrogen-bond acceptors (Lipinski definition) is 2. The van der Waals surface area contributed by atoms with Crippen molar-refractivity contribution in [1.29, 1.82) is 0 Å². The van der Waals surface area contributed by atoms with E-state index in [4.69, 9.17) is 4.74 Å². The van der Waals surface area contributed by atoms with Crippen molar-refractivity contribution < 1.29 is 14.2 Å². The second-order valence-corrected chi connectivity index (χ2v) is 4.12. The van der Waals surface area contributed by atoms with Crippen LogP contribution in [0.2, 0.25) is 0 Å². The van der Waals surface area contributed by atoms with Gasteiger partial charge in [0.2, 0.25) is 0 Å². The van der Waals surface area contributed by atoms with E-state index in [9.17, 15) is 9.50 Å². The molecule has 0 saturated carbocycles. The molecule has 88 valence electrons. The van der Waals surface area contributed by atoms with Crippen LogP contribution in [0.3, 0.4) is 0 Å². The van der Waals surface area contributed by atoms with E-state index in [0.717, 1.165) is 36.1 Å². The van der Waals surface area contributed by atoms with Crippen LogP contribution in [-0.2, 0) is 6.42 Å². The number of aliphatic hydroxyl groups excluding tert-OH is 1. The summed E-state index contributed by atoms with van der Waals surface area (Å²) in [6.07, 6.45) is 2.80. The number of ether oxygens (including phenoxy) is 1. The summed E-state index contributed by atoms with van der Waals surface area (Å²) >= 11 is 0. The monoisotopic (exact) mass is 224 g/mol. The van der Waals surface area contributed by atoms with Gasteiger partial charge in [-0.05, 0) is 36.5 Å². The molecule has 0 fully saturated rings. The molecule has 2 rings (SSSR count). The van der Waals surface area contributed by atoms with Crippen LogP contribution in [0.4, 0.5) is 4.39 Å². The summed E-state index contributed by atoms with van der Waals surface area (Å²) in [7, 11) is 0. The fourth-order valence-corrected chi connectivity index (χ4v) is 2.16. The van der Waals surface area contributed by atoms with E-state index in [1.807, 2.05) is 18.2 Å². The van der Waals surface area contributed by atoms with Gasteiger partial charge in [-0.1, -0.05) is 12.1 Å². The van der Waals surface area contributed by atoms with Crippen LogP contribution in [0.1, 0.15) is 36.5 Å². The zero-order chi connectivity index (χ0) is 11.4. The van der Waals surface area contributed by atoms with E-state index in [1.165, 1.54) is 0 Å². The molecule has 16 heavy (non-hydrogen) atoms. The SMILES string of the molecule is OC1CCCc2c(OCCCF)cccc21. The van der Waals surface area contributed by atoms with Gasteiger partial charge in [0.1, 0.15) is 5.75 Å². The summed E-state index contributed by atoms with van der Waals surface area (Å²) < 4.78 is 17.5. The molecule has 1 aliphatic rings. The van der Waals surface area contributed by atoms with Gasteiger partial charge >= 0.3 is 0 Å². The number of aliphatic hydroxyl groups is 1. The first-order valence-corrected chi connectivity index (χ1v) is 5.81. The van der Waals surface area contributed by atoms with E-state index in [-0.39, 0.29) is 12.8 Å². The van der Waals surface area contributed by atoms with Gasteiger partial charge in [0.25, 0.3) is 0 Å². The van der Waals surface area contributed by atoms with Gasteiger partial charge in [0.05, 0.1) is 19.4 Å². The fourth-order valence-electron chi connectivity index (χ4n) is 2.16. The highest BCUT2D eigenvalue weighted by molar-refractivity contribution is 5.42. The summed E-state index contributed by atoms with van der Waals surface area (Å²) in [5.41, 5.74) is 2.07. The number of halogens is 1. The third-order valence-corrected chi connectivity index (χ3v) is 2.97. The van der Waals surface area contributed by atoms with Crippen molar-refractivity contribution in [2.75, 3.05) is 13.3 Å². The third kappa shape index (κ3) is 2.35. The lowest BCUT2D eigenvalue weighted by atomic mass is 9.89. The Bertz CT molecular complexity index is 352. The van der Waals surface area contributed by atoms with Gasteiger partial charge in [-0.15, -0.1) is 0 Å². The average Bonchev–Trinajstić information content (AvgIpc) is 2.31. The summed E-state index contributed by atoms with van der Waals surface area (Å²) in [4.78, 5) is 0. The van der Waals surface area contributed by atoms with Gasteiger partial charge in [0, 0.05) is 6.42 Å². The molecule has 1 aromatic rings. The first kappa shape index (κ1) is 11.4. The predicted octanol–water partition coefficient (Wildman–Crippen LogP) is 2.79. The molecular weight excluding hydrogens is 207 g/mol. The quantitative estimate of drug-likeness (QED) is 0.797. The highest BCUT2D eigenvalue weighted by Gasteiger charge is 2.20. The summed E-state index contributed by atoms with van der Waals surface area (Å²) in [6.45, 7) is 0.0562. The van der Waals surface area contributed by atoms with Crippen molar-refractivity contribution in [3.63, 3.8) is 0 Å². The van der Waals surface area contributed by atoms with Crippen LogP contribution in [0, 0.1) is 0 Å². The lowest BCUT2D eigenvalue weighted by Crippen LogP contribution is -2.11. The molecule has 0 heterocycles. The Morgan fingerprint density at radius 2 is 2.31 bits per heavy atom. The molecule has 2 nitrogen and oxygen atoms in total. The Morgan fingerprint density at radius 3 is 3.12 bits per heavy atom. The van der Waals surface area contributed by atoms with Crippen molar-refractivity contribution in [3.05, 3.63) is 29.3 Å². The topological polar surface area (TPSA) is 29.5 Å². The zero-order valence-corrected chi connectivity index (χ0v) is 9.29. The minimum absolute atomic E-state index is 0.350. The number of fused-ring (bicyclic) bond motifs is 1. The molecule has 0 amide bonds. The molecule has 3 heteroatoms. The Labute approximate surface area is 95.1 Å². The normalized spacial score (nSPS) is 19.2. The molecule has 1 N–H and O–H groups in total. The van der Waals surface area contributed by atoms with Crippen molar-refractivity contribution in [1.82, 2.24) is 0 Å². The lowest BCUT2D eigenvalue weighted by Gasteiger charge is -2.23. The highest BCUT2D eigenvalue weighted by Crippen LogP contribution is 2.35. The maximum Gasteiger partial charge on any atom is 0.122 e. The Kier molecular flexibility index (Phi) is 3.78. The molecule has 0 aliphatic heterocycles. The molecule has 0 bridgehead atoms. The van der Waals surface area contributed by atoms with Gasteiger partial charge in [0.15, 0.2) is 0 Å².